The van der Waals surface area contributed by atoms with Crippen LogP contribution < -0.4 is 0 Å². The molecule has 0 aliphatic carbocycles. The van der Waals surface area contributed by atoms with Gasteiger partial charge in [0.25, 0.3) is 0 Å². The fourth-order valence-electron chi connectivity index (χ4n) is 1.44. The van der Waals surface area contributed by atoms with Crippen LogP contribution in [-0.4, -0.2) is 21.0 Å². The third kappa shape index (κ3) is 1.96. The molecule has 1 aromatic heterocycles. The van der Waals surface area contributed by atoms with Crippen LogP contribution in [0.15, 0.2) is 30.7 Å². The van der Waals surface area contributed by atoms with Crippen molar-refractivity contribution in [1.82, 2.24) is 9.97 Å². The quantitative estimate of drug-likeness (QED) is 0.867. The number of aromatic nitrogens is 2. The molecule has 0 radical (unpaired) electrons. The van der Waals surface area contributed by atoms with E-state index in [1.165, 1.54) is 6.07 Å². The van der Waals surface area contributed by atoms with Crippen molar-refractivity contribution in [1.29, 1.82) is 0 Å². The number of hydrogen-bond donors (Lipinski definition) is 1. The van der Waals surface area contributed by atoms with Crippen LogP contribution in [0.5, 0.6) is 0 Å². The summed E-state index contributed by atoms with van der Waals surface area (Å²) in [5.41, 5.74) is -1.06. The van der Waals surface area contributed by atoms with Gasteiger partial charge < -0.3 is 5.11 Å². The van der Waals surface area contributed by atoms with Crippen molar-refractivity contribution >= 4 is 5.97 Å². The minimum absolute atomic E-state index is 0.185. The summed E-state index contributed by atoms with van der Waals surface area (Å²) in [6.07, 6.45) is 2.07. The lowest BCUT2D eigenvalue weighted by molar-refractivity contribution is 0.0691. The van der Waals surface area contributed by atoms with E-state index in [1.807, 2.05) is 0 Å². The minimum atomic E-state index is -1.37. The summed E-state index contributed by atoms with van der Waals surface area (Å²) in [5, 5.41) is 8.87. The van der Waals surface area contributed by atoms with Crippen LogP contribution >= 0.6 is 0 Å². The number of halogens is 2. The largest absolute Gasteiger partial charge is 0.476 e. The van der Waals surface area contributed by atoms with Gasteiger partial charge in [0.15, 0.2) is 5.69 Å². The van der Waals surface area contributed by atoms with E-state index in [-0.39, 0.29) is 5.56 Å². The fraction of sp³-hybridized carbons (Fsp3) is 0. The lowest BCUT2D eigenvalue weighted by Gasteiger charge is -2.06. The van der Waals surface area contributed by atoms with Crippen LogP contribution in [0.1, 0.15) is 10.5 Å². The van der Waals surface area contributed by atoms with Crippen LogP contribution in [0.4, 0.5) is 8.78 Å². The maximum absolute atomic E-state index is 13.5. The summed E-state index contributed by atoms with van der Waals surface area (Å²) in [7, 11) is 0. The van der Waals surface area contributed by atoms with Gasteiger partial charge in [0.05, 0.1) is 5.56 Å². The number of aromatic carboxylic acids is 1. The average molecular weight is 236 g/mol. The molecule has 2 rings (SSSR count). The zero-order valence-electron chi connectivity index (χ0n) is 8.39. The fourth-order valence-corrected chi connectivity index (χ4v) is 1.44. The molecular formula is C11H6F2N2O2. The average Bonchev–Trinajstić information content (AvgIpc) is 2.29. The standard InChI is InChI=1S/C11H6F2N2O2/c12-7-2-1-3-8(13)9(7)6-4-14-5-15-10(6)11(16)17/h1-5H,(H,16,17). The third-order valence-electron chi connectivity index (χ3n) is 2.15. The highest BCUT2D eigenvalue weighted by Gasteiger charge is 2.19. The van der Waals surface area contributed by atoms with Gasteiger partial charge >= 0.3 is 5.97 Å². The molecule has 86 valence electrons. The van der Waals surface area contributed by atoms with Gasteiger partial charge in [-0.15, -0.1) is 0 Å². The van der Waals surface area contributed by atoms with Crippen LogP contribution in [0.2, 0.25) is 0 Å². The lowest BCUT2D eigenvalue weighted by atomic mass is 10.0. The molecular weight excluding hydrogens is 230 g/mol. The van der Waals surface area contributed by atoms with Crippen LogP contribution in [0.3, 0.4) is 0 Å². The maximum atomic E-state index is 13.5. The lowest BCUT2D eigenvalue weighted by Crippen LogP contribution is -2.05. The van der Waals surface area contributed by atoms with E-state index < -0.39 is 28.9 Å². The molecule has 1 aromatic carbocycles. The normalized spacial score (nSPS) is 10.2. The second kappa shape index (κ2) is 4.25. The molecule has 0 unspecified atom stereocenters. The van der Waals surface area contributed by atoms with Crippen molar-refractivity contribution in [3.05, 3.63) is 48.1 Å². The Hall–Kier alpha value is -2.37. The zero-order valence-corrected chi connectivity index (χ0v) is 8.39. The van der Waals surface area contributed by atoms with Crippen LogP contribution in [0.25, 0.3) is 11.1 Å². The molecule has 1 heterocycles. The third-order valence-corrected chi connectivity index (χ3v) is 2.15. The number of carbonyl (C=O) groups is 1. The molecule has 0 bridgehead atoms. The van der Waals surface area contributed by atoms with Crippen molar-refractivity contribution in [3.8, 4) is 11.1 Å². The van der Waals surface area contributed by atoms with E-state index >= 15 is 0 Å². The first-order valence-corrected chi connectivity index (χ1v) is 4.59. The molecule has 0 saturated carbocycles. The van der Waals surface area contributed by atoms with Crippen molar-refractivity contribution in [3.63, 3.8) is 0 Å². The molecule has 0 fully saturated rings. The van der Waals surface area contributed by atoms with Crippen LogP contribution in [-0.2, 0) is 0 Å². The number of rotatable bonds is 2. The Labute approximate surface area is 94.6 Å². The highest BCUT2D eigenvalue weighted by Crippen LogP contribution is 2.27. The first kappa shape index (κ1) is 11.1. The van der Waals surface area contributed by atoms with Crippen molar-refractivity contribution in [2.45, 2.75) is 0 Å². The first-order valence-electron chi connectivity index (χ1n) is 4.59. The first-order chi connectivity index (χ1) is 8.11. The molecule has 2 aromatic rings. The number of nitrogens with zero attached hydrogens (tertiary/aromatic N) is 2. The minimum Gasteiger partial charge on any atom is -0.476 e. The molecule has 17 heavy (non-hydrogen) atoms. The Morgan fingerprint density at radius 3 is 2.47 bits per heavy atom. The monoisotopic (exact) mass is 236 g/mol. The van der Waals surface area contributed by atoms with Crippen LogP contribution in [0, 0.1) is 11.6 Å². The predicted molar refractivity (Wildman–Crippen MR) is 54.3 cm³/mol. The second-order valence-corrected chi connectivity index (χ2v) is 3.19. The summed E-state index contributed by atoms with van der Waals surface area (Å²) in [6.45, 7) is 0. The Bertz CT molecular complexity index is 567. The molecule has 4 nitrogen and oxygen atoms in total. The van der Waals surface area contributed by atoms with E-state index in [9.17, 15) is 13.6 Å². The molecule has 0 aliphatic heterocycles. The van der Waals surface area contributed by atoms with Crippen molar-refractivity contribution < 1.29 is 18.7 Å². The molecule has 0 atom stereocenters. The Morgan fingerprint density at radius 1 is 1.24 bits per heavy atom. The maximum Gasteiger partial charge on any atom is 0.355 e. The topological polar surface area (TPSA) is 63.1 Å². The van der Waals surface area contributed by atoms with Gasteiger partial charge in [-0.25, -0.2) is 23.5 Å². The van der Waals surface area contributed by atoms with E-state index in [4.69, 9.17) is 5.11 Å². The van der Waals surface area contributed by atoms with Gasteiger partial charge in [-0.3, -0.25) is 0 Å². The Morgan fingerprint density at radius 2 is 1.88 bits per heavy atom. The molecule has 0 saturated heterocycles. The number of benzene rings is 1. The van der Waals surface area contributed by atoms with Crippen molar-refractivity contribution in [2.75, 3.05) is 0 Å². The van der Waals surface area contributed by atoms with Crippen molar-refractivity contribution in [2.24, 2.45) is 0 Å². The van der Waals surface area contributed by atoms with E-state index in [1.54, 1.807) is 0 Å². The Balaban J connectivity index is 2.73. The van der Waals surface area contributed by atoms with Gasteiger partial charge in [0.2, 0.25) is 0 Å². The molecule has 6 heteroatoms. The van der Waals surface area contributed by atoms with E-state index in [2.05, 4.69) is 9.97 Å². The molecule has 0 aliphatic rings. The van der Waals surface area contributed by atoms with Gasteiger partial charge in [0.1, 0.15) is 18.0 Å². The highest BCUT2D eigenvalue weighted by molar-refractivity contribution is 5.93. The summed E-state index contributed by atoms with van der Waals surface area (Å²) < 4.78 is 27.0. The molecule has 0 spiro atoms. The zero-order chi connectivity index (χ0) is 12.4. The van der Waals surface area contributed by atoms with Gasteiger partial charge in [0, 0.05) is 11.8 Å². The van der Waals surface area contributed by atoms with E-state index in [0.717, 1.165) is 24.7 Å². The predicted octanol–water partition coefficient (Wildman–Crippen LogP) is 2.12. The van der Waals surface area contributed by atoms with E-state index in [0.29, 0.717) is 0 Å². The highest BCUT2D eigenvalue weighted by atomic mass is 19.1. The summed E-state index contributed by atoms with van der Waals surface area (Å²) in [5.74, 6) is -3.09. The van der Waals surface area contributed by atoms with Gasteiger partial charge in [-0.05, 0) is 12.1 Å². The summed E-state index contributed by atoms with van der Waals surface area (Å²) in [6, 6.07) is 3.27. The van der Waals surface area contributed by atoms with Gasteiger partial charge in [-0.2, -0.15) is 0 Å². The summed E-state index contributed by atoms with van der Waals surface area (Å²) >= 11 is 0. The molecule has 1 N–H and O–H groups in total. The number of hydrogen-bond acceptors (Lipinski definition) is 3. The smallest absolute Gasteiger partial charge is 0.355 e. The second-order valence-electron chi connectivity index (χ2n) is 3.19. The SMILES string of the molecule is O=C(O)c1ncncc1-c1c(F)cccc1F. The molecule has 0 amide bonds. The van der Waals surface area contributed by atoms with Gasteiger partial charge in [-0.1, -0.05) is 6.07 Å². The summed E-state index contributed by atoms with van der Waals surface area (Å²) in [4.78, 5) is 18.0. The Kier molecular flexibility index (Phi) is 2.78. The number of carboxylic acids is 1. The number of carboxylic acid groups (broad SMARTS) is 1.